The Hall–Kier alpha value is -2.49. The third-order valence-electron chi connectivity index (χ3n) is 4.92. The van der Waals surface area contributed by atoms with Crippen molar-refractivity contribution in [3.05, 3.63) is 59.9 Å². The molecule has 0 atom stereocenters. The molecule has 1 amide bonds. The highest BCUT2D eigenvalue weighted by Crippen LogP contribution is 2.16. The number of ether oxygens (including phenoxy) is 1. The second-order valence-electron chi connectivity index (χ2n) is 6.91. The maximum absolute atomic E-state index is 13.0. The largest absolute Gasteiger partial charge is 0.497 e. The van der Waals surface area contributed by atoms with E-state index in [-0.39, 0.29) is 17.3 Å². The molecule has 2 aromatic rings. The van der Waals surface area contributed by atoms with Gasteiger partial charge in [-0.3, -0.25) is 4.79 Å². The predicted molar refractivity (Wildman–Crippen MR) is 106 cm³/mol. The van der Waals surface area contributed by atoms with Gasteiger partial charge >= 0.3 is 0 Å². The van der Waals surface area contributed by atoms with Gasteiger partial charge in [-0.1, -0.05) is 12.1 Å². The number of carbonyl (C=O) groups is 1. The second kappa shape index (κ2) is 9.34. The van der Waals surface area contributed by atoms with Crippen molar-refractivity contribution >= 4 is 15.9 Å². The summed E-state index contributed by atoms with van der Waals surface area (Å²) in [6, 6.07) is 12.3. The third kappa shape index (κ3) is 5.53. The molecule has 156 valence electrons. The van der Waals surface area contributed by atoms with Crippen molar-refractivity contribution in [1.29, 1.82) is 0 Å². The number of amides is 1. The molecule has 1 aliphatic rings. The number of methoxy groups -OCH3 is 1. The number of nitrogens with one attached hydrogen (secondary N) is 2. The summed E-state index contributed by atoms with van der Waals surface area (Å²) < 4.78 is 44.9. The summed E-state index contributed by atoms with van der Waals surface area (Å²) >= 11 is 0. The summed E-state index contributed by atoms with van der Waals surface area (Å²) in [5.41, 5.74) is 0.947. The van der Waals surface area contributed by atoms with Crippen LogP contribution in [0.3, 0.4) is 0 Å². The first-order valence-electron chi connectivity index (χ1n) is 9.37. The normalized spacial score (nSPS) is 15.8. The van der Waals surface area contributed by atoms with Gasteiger partial charge in [-0.2, -0.15) is 4.31 Å². The Morgan fingerprint density at radius 2 is 1.86 bits per heavy atom. The van der Waals surface area contributed by atoms with Crippen LogP contribution in [0.15, 0.2) is 53.4 Å². The molecular formula is C20H25FN3O4S+. The van der Waals surface area contributed by atoms with E-state index in [1.54, 1.807) is 7.11 Å². The van der Waals surface area contributed by atoms with Gasteiger partial charge in [0, 0.05) is 6.54 Å². The Morgan fingerprint density at radius 1 is 1.17 bits per heavy atom. The molecule has 2 aromatic carbocycles. The number of carbonyl (C=O) groups excluding carboxylic acids is 1. The summed E-state index contributed by atoms with van der Waals surface area (Å²) in [5, 5.41) is 2.89. The minimum atomic E-state index is -3.64. The highest BCUT2D eigenvalue weighted by Gasteiger charge is 2.31. The number of hydrogen-bond donors (Lipinski definition) is 2. The highest BCUT2D eigenvalue weighted by atomic mass is 32.2. The Bertz CT molecular complexity index is 942. The number of sulfonamides is 1. The van der Waals surface area contributed by atoms with Crippen LogP contribution in [-0.2, 0) is 21.4 Å². The molecule has 1 fully saturated rings. The molecule has 0 aromatic heterocycles. The highest BCUT2D eigenvalue weighted by molar-refractivity contribution is 7.89. The minimum absolute atomic E-state index is 0.0818. The summed E-state index contributed by atoms with van der Waals surface area (Å²) in [5.74, 6) is 0.177. The zero-order chi connectivity index (χ0) is 20.9. The molecule has 2 N–H and O–H groups in total. The molecule has 0 spiro atoms. The maximum Gasteiger partial charge on any atom is 0.275 e. The van der Waals surface area contributed by atoms with Gasteiger partial charge < -0.3 is 15.0 Å². The molecule has 0 bridgehead atoms. The zero-order valence-corrected chi connectivity index (χ0v) is 17.0. The zero-order valence-electron chi connectivity index (χ0n) is 16.2. The number of halogens is 1. The van der Waals surface area contributed by atoms with Crippen molar-refractivity contribution < 1.29 is 27.2 Å². The molecular weight excluding hydrogens is 397 g/mol. The minimum Gasteiger partial charge on any atom is -0.497 e. The third-order valence-corrected chi connectivity index (χ3v) is 6.83. The Labute approximate surface area is 170 Å². The van der Waals surface area contributed by atoms with Crippen LogP contribution < -0.4 is 15.0 Å². The molecule has 7 nitrogen and oxygen atoms in total. The van der Waals surface area contributed by atoms with Gasteiger partial charge in [-0.15, -0.1) is 0 Å². The standard InChI is InChI=1S/C20H24FN3O4S/c1-28-18-4-2-3-16(13-18)14-22-20(25)15-23-9-11-24(12-10-23)29(26,27)19-7-5-17(21)6-8-19/h2-8,13H,9-12,14-15H2,1H3,(H,22,25)/p+1. The molecule has 3 rings (SSSR count). The quantitative estimate of drug-likeness (QED) is 0.660. The van der Waals surface area contributed by atoms with Crippen molar-refractivity contribution in [3.8, 4) is 5.75 Å². The summed E-state index contributed by atoms with van der Waals surface area (Å²) in [6.45, 7) is 2.40. The molecule has 0 radical (unpaired) electrons. The number of quaternary nitrogens is 1. The van der Waals surface area contributed by atoms with E-state index in [2.05, 4.69) is 5.32 Å². The molecule has 0 aliphatic carbocycles. The Balaban J connectivity index is 1.47. The lowest BCUT2D eigenvalue weighted by molar-refractivity contribution is -0.895. The predicted octanol–water partition coefficient (Wildman–Crippen LogP) is 0.0399. The Morgan fingerprint density at radius 3 is 2.52 bits per heavy atom. The fourth-order valence-corrected chi connectivity index (χ4v) is 4.69. The molecule has 0 unspecified atom stereocenters. The number of hydrogen-bond acceptors (Lipinski definition) is 4. The van der Waals surface area contributed by atoms with Gasteiger partial charge in [0.15, 0.2) is 6.54 Å². The summed E-state index contributed by atoms with van der Waals surface area (Å²) in [4.78, 5) is 13.3. The van der Waals surface area contributed by atoms with Crippen molar-refractivity contribution in [2.45, 2.75) is 11.4 Å². The van der Waals surface area contributed by atoms with Crippen LogP contribution >= 0.6 is 0 Å². The fraction of sp³-hybridized carbons (Fsp3) is 0.350. The van der Waals surface area contributed by atoms with Gasteiger partial charge in [-0.05, 0) is 42.0 Å². The average Bonchev–Trinajstić information content (AvgIpc) is 2.73. The molecule has 29 heavy (non-hydrogen) atoms. The Kier molecular flexibility index (Phi) is 6.83. The first kappa shape index (κ1) is 21.2. The van der Waals surface area contributed by atoms with E-state index in [1.807, 2.05) is 24.3 Å². The first-order chi connectivity index (χ1) is 13.9. The van der Waals surface area contributed by atoms with Crippen LogP contribution in [0.5, 0.6) is 5.75 Å². The van der Waals surface area contributed by atoms with E-state index in [0.717, 1.165) is 28.3 Å². The van der Waals surface area contributed by atoms with Crippen LogP contribution in [0.25, 0.3) is 0 Å². The first-order valence-corrected chi connectivity index (χ1v) is 10.8. The van der Waals surface area contributed by atoms with Gasteiger partial charge in [-0.25, -0.2) is 12.8 Å². The van der Waals surface area contributed by atoms with Gasteiger partial charge in [0.2, 0.25) is 10.0 Å². The second-order valence-corrected chi connectivity index (χ2v) is 8.85. The lowest BCUT2D eigenvalue weighted by atomic mass is 10.2. The van der Waals surface area contributed by atoms with Gasteiger partial charge in [0.05, 0.1) is 38.2 Å². The summed E-state index contributed by atoms with van der Waals surface area (Å²) in [7, 11) is -2.05. The topological polar surface area (TPSA) is 80.2 Å². The van der Waals surface area contributed by atoms with Crippen molar-refractivity contribution in [1.82, 2.24) is 9.62 Å². The lowest BCUT2D eigenvalue weighted by Crippen LogP contribution is -3.15. The van der Waals surface area contributed by atoms with E-state index in [0.29, 0.717) is 32.7 Å². The number of piperazine rings is 1. The van der Waals surface area contributed by atoms with Gasteiger partial charge in [0.25, 0.3) is 5.91 Å². The average molecular weight is 423 g/mol. The maximum atomic E-state index is 13.0. The van der Waals surface area contributed by atoms with E-state index in [1.165, 1.54) is 16.4 Å². The van der Waals surface area contributed by atoms with E-state index in [9.17, 15) is 17.6 Å². The molecule has 1 saturated heterocycles. The molecule has 0 saturated carbocycles. The number of benzene rings is 2. The molecule has 1 aliphatic heterocycles. The van der Waals surface area contributed by atoms with Crippen LogP contribution in [0, 0.1) is 5.82 Å². The SMILES string of the molecule is COc1cccc(CNC(=O)C[NH+]2CCN(S(=O)(=O)c3ccc(F)cc3)CC2)c1. The van der Waals surface area contributed by atoms with Crippen molar-refractivity contribution in [2.75, 3.05) is 39.8 Å². The van der Waals surface area contributed by atoms with Crippen LogP contribution in [-0.4, -0.2) is 58.5 Å². The van der Waals surface area contributed by atoms with Crippen LogP contribution in [0.4, 0.5) is 4.39 Å². The van der Waals surface area contributed by atoms with Crippen LogP contribution in [0.2, 0.25) is 0 Å². The lowest BCUT2D eigenvalue weighted by Gasteiger charge is -2.31. The van der Waals surface area contributed by atoms with Gasteiger partial charge in [0.1, 0.15) is 11.6 Å². The molecule has 9 heteroatoms. The van der Waals surface area contributed by atoms with Crippen molar-refractivity contribution in [3.63, 3.8) is 0 Å². The number of nitrogens with zero attached hydrogens (tertiary/aromatic N) is 1. The summed E-state index contributed by atoms with van der Waals surface area (Å²) in [6.07, 6.45) is 0. The monoisotopic (exact) mass is 422 g/mol. The van der Waals surface area contributed by atoms with Crippen LogP contribution in [0.1, 0.15) is 5.56 Å². The number of rotatable bonds is 7. The molecule has 1 heterocycles. The van der Waals surface area contributed by atoms with E-state index < -0.39 is 15.8 Å². The van der Waals surface area contributed by atoms with Crippen molar-refractivity contribution in [2.24, 2.45) is 0 Å². The smallest absolute Gasteiger partial charge is 0.275 e. The fourth-order valence-electron chi connectivity index (χ4n) is 3.25. The van der Waals surface area contributed by atoms with E-state index >= 15 is 0 Å². The van der Waals surface area contributed by atoms with E-state index in [4.69, 9.17) is 4.74 Å².